The van der Waals surface area contributed by atoms with Crippen LogP contribution < -0.4 is 20.1 Å². The van der Waals surface area contributed by atoms with E-state index in [0.29, 0.717) is 26.2 Å². The minimum Gasteiger partial charge on any atom is -0.492 e. The smallest absolute Gasteiger partial charge is 0.333 e. The first-order chi connectivity index (χ1) is 18.0. The molecule has 0 spiro atoms. The third kappa shape index (κ3) is 8.78. The molecule has 4 N–H and O–H groups in total. The fraction of sp³-hybridized carbons (Fsp3) is 0.345. The molecule has 0 bridgehead atoms. The summed E-state index contributed by atoms with van der Waals surface area (Å²) in [6.07, 6.45) is -0.475. The van der Waals surface area contributed by atoms with Gasteiger partial charge < -0.3 is 35.1 Å². The molecule has 1 heterocycles. The van der Waals surface area contributed by atoms with Crippen LogP contribution in [0.2, 0.25) is 0 Å². The van der Waals surface area contributed by atoms with Crippen LogP contribution in [0.1, 0.15) is 24.1 Å². The predicted molar refractivity (Wildman–Crippen MR) is 143 cm³/mol. The normalized spacial score (nSPS) is 13.9. The van der Waals surface area contributed by atoms with E-state index < -0.39 is 12.1 Å². The SMILES string of the molecule is CCO[C@@H](Cc1ccc(OCCN2CCOc3ccccc32)cc1)C(=O)O.NC(CO)c1ccccc1. The van der Waals surface area contributed by atoms with Gasteiger partial charge >= 0.3 is 5.97 Å². The maximum Gasteiger partial charge on any atom is 0.333 e. The first-order valence-electron chi connectivity index (χ1n) is 12.5. The van der Waals surface area contributed by atoms with Crippen LogP contribution in [-0.4, -0.2) is 61.8 Å². The molecule has 1 aliphatic rings. The molecule has 37 heavy (non-hydrogen) atoms. The van der Waals surface area contributed by atoms with Gasteiger partial charge in [-0.05, 0) is 42.3 Å². The molecule has 3 aromatic carbocycles. The van der Waals surface area contributed by atoms with Crippen molar-refractivity contribution in [3.8, 4) is 11.5 Å². The third-order valence-corrected chi connectivity index (χ3v) is 5.87. The molecule has 0 radical (unpaired) electrons. The Hall–Kier alpha value is -3.59. The van der Waals surface area contributed by atoms with E-state index in [1.807, 2.05) is 72.8 Å². The van der Waals surface area contributed by atoms with Crippen molar-refractivity contribution in [2.75, 3.05) is 44.4 Å². The first-order valence-corrected chi connectivity index (χ1v) is 12.5. The summed E-state index contributed by atoms with van der Waals surface area (Å²) >= 11 is 0. The summed E-state index contributed by atoms with van der Waals surface area (Å²) < 4.78 is 16.8. The van der Waals surface area contributed by atoms with Gasteiger partial charge in [0.05, 0.1) is 31.4 Å². The highest BCUT2D eigenvalue weighted by Gasteiger charge is 2.18. The van der Waals surface area contributed by atoms with Crippen molar-refractivity contribution >= 4 is 11.7 Å². The van der Waals surface area contributed by atoms with Gasteiger partial charge in [0.1, 0.15) is 24.7 Å². The number of carbonyl (C=O) groups is 1. The number of rotatable bonds is 11. The average molecular weight is 509 g/mol. The highest BCUT2D eigenvalue weighted by atomic mass is 16.5. The van der Waals surface area contributed by atoms with Crippen LogP contribution in [0.5, 0.6) is 11.5 Å². The van der Waals surface area contributed by atoms with E-state index in [-0.39, 0.29) is 12.6 Å². The Morgan fingerprint density at radius 3 is 2.43 bits per heavy atom. The van der Waals surface area contributed by atoms with Gasteiger partial charge in [0.25, 0.3) is 0 Å². The van der Waals surface area contributed by atoms with Crippen LogP contribution in [0.25, 0.3) is 0 Å². The molecule has 1 unspecified atom stereocenters. The Bertz CT molecular complexity index is 1080. The fourth-order valence-electron chi connectivity index (χ4n) is 3.89. The molecule has 0 saturated heterocycles. The van der Waals surface area contributed by atoms with Gasteiger partial charge in [-0.2, -0.15) is 0 Å². The second kappa shape index (κ2) is 14.8. The maximum absolute atomic E-state index is 11.2. The van der Waals surface area contributed by atoms with Crippen molar-refractivity contribution < 1.29 is 29.2 Å². The highest BCUT2D eigenvalue weighted by molar-refractivity contribution is 5.72. The van der Waals surface area contributed by atoms with Crippen LogP contribution in [0.15, 0.2) is 78.9 Å². The van der Waals surface area contributed by atoms with Gasteiger partial charge in [-0.25, -0.2) is 4.79 Å². The number of aliphatic hydroxyl groups excluding tert-OH is 1. The predicted octanol–water partition coefficient (Wildman–Crippen LogP) is 3.68. The lowest BCUT2D eigenvalue weighted by Crippen LogP contribution is -2.35. The number of carboxylic acids is 1. The van der Waals surface area contributed by atoms with Crippen molar-refractivity contribution in [1.29, 1.82) is 0 Å². The zero-order chi connectivity index (χ0) is 26.5. The number of benzene rings is 3. The summed E-state index contributed by atoms with van der Waals surface area (Å²) in [6, 6.07) is 24.8. The molecule has 0 fully saturated rings. The summed E-state index contributed by atoms with van der Waals surface area (Å²) in [6.45, 7) is 5.02. The summed E-state index contributed by atoms with van der Waals surface area (Å²) in [5, 5.41) is 17.8. The topological polar surface area (TPSA) is 114 Å². The number of fused-ring (bicyclic) bond motifs is 1. The Labute approximate surface area is 218 Å². The molecule has 1 aliphatic heterocycles. The Morgan fingerprint density at radius 2 is 1.76 bits per heavy atom. The zero-order valence-corrected chi connectivity index (χ0v) is 21.2. The largest absolute Gasteiger partial charge is 0.492 e. The van der Waals surface area contributed by atoms with E-state index in [4.69, 9.17) is 30.2 Å². The lowest BCUT2D eigenvalue weighted by molar-refractivity contribution is -0.149. The minimum absolute atomic E-state index is 0.00398. The Balaban J connectivity index is 0.000000319. The van der Waals surface area contributed by atoms with E-state index in [1.165, 1.54) is 0 Å². The molecule has 3 aromatic rings. The molecular weight excluding hydrogens is 472 g/mol. The number of nitrogens with zero attached hydrogens (tertiary/aromatic N) is 1. The number of hydrogen-bond donors (Lipinski definition) is 3. The quantitative estimate of drug-likeness (QED) is 0.359. The monoisotopic (exact) mass is 508 g/mol. The molecule has 2 atom stereocenters. The van der Waals surface area contributed by atoms with Gasteiger partial charge in [-0.1, -0.05) is 54.6 Å². The van der Waals surface area contributed by atoms with Gasteiger partial charge in [-0.15, -0.1) is 0 Å². The molecule has 0 saturated carbocycles. The molecule has 4 rings (SSSR count). The average Bonchev–Trinajstić information content (AvgIpc) is 2.94. The Kier molecular flexibility index (Phi) is 11.2. The van der Waals surface area contributed by atoms with Crippen LogP contribution in [0.3, 0.4) is 0 Å². The van der Waals surface area contributed by atoms with E-state index >= 15 is 0 Å². The van der Waals surface area contributed by atoms with Gasteiger partial charge in [0.2, 0.25) is 0 Å². The molecular formula is C29H36N2O6. The number of nitrogens with two attached hydrogens (primary N) is 1. The van der Waals surface area contributed by atoms with Crippen LogP contribution in [0, 0.1) is 0 Å². The minimum atomic E-state index is -0.942. The number of para-hydroxylation sites is 2. The molecule has 8 nitrogen and oxygen atoms in total. The number of anilines is 1. The van der Waals surface area contributed by atoms with E-state index in [0.717, 1.165) is 41.4 Å². The first kappa shape index (κ1) is 28.0. The number of ether oxygens (including phenoxy) is 3. The number of aliphatic carboxylic acids is 1. The number of carboxylic acid groups (broad SMARTS) is 1. The summed E-state index contributed by atoms with van der Waals surface area (Å²) in [7, 11) is 0. The van der Waals surface area contributed by atoms with Crippen molar-refractivity contribution in [3.63, 3.8) is 0 Å². The number of aliphatic hydroxyl groups is 1. The van der Waals surface area contributed by atoms with Gasteiger partial charge in [0, 0.05) is 13.0 Å². The summed E-state index contributed by atoms with van der Waals surface area (Å²) in [5.74, 6) is 0.738. The Morgan fingerprint density at radius 1 is 1.05 bits per heavy atom. The molecule has 8 heteroatoms. The standard InChI is InChI=1S/C21H25NO5.C8H11NO/c1-2-25-20(21(23)24)15-16-7-9-17(10-8-16)26-13-11-22-12-14-27-19-6-4-3-5-18(19)22;9-8(6-10)7-4-2-1-3-5-7/h3-10,20H,2,11-15H2,1H3,(H,23,24);1-5,8,10H,6,9H2/t20-;/m0./s1. The van der Waals surface area contributed by atoms with Gasteiger partial charge in [0.15, 0.2) is 6.10 Å². The van der Waals surface area contributed by atoms with Crippen LogP contribution in [-0.2, 0) is 16.0 Å². The van der Waals surface area contributed by atoms with Crippen molar-refractivity contribution in [1.82, 2.24) is 0 Å². The van der Waals surface area contributed by atoms with E-state index in [2.05, 4.69) is 11.0 Å². The van der Waals surface area contributed by atoms with Crippen LogP contribution >= 0.6 is 0 Å². The van der Waals surface area contributed by atoms with E-state index in [9.17, 15) is 4.79 Å². The van der Waals surface area contributed by atoms with Crippen molar-refractivity contribution in [3.05, 3.63) is 90.0 Å². The number of hydrogen-bond acceptors (Lipinski definition) is 7. The lowest BCUT2D eigenvalue weighted by atomic mass is 10.1. The lowest BCUT2D eigenvalue weighted by Gasteiger charge is -2.31. The third-order valence-electron chi connectivity index (χ3n) is 5.87. The second-order valence-electron chi connectivity index (χ2n) is 8.48. The molecule has 0 aromatic heterocycles. The highest BCUT2D eigenvalue weighted by Crippen LogP contribution is 2.30. The van der Waals surface area contributed by atoms with Crippen molar-refractivity contribution in [2.45, 2.75) is 25.5 Å². The zero-order valence-electron chi connectivity index (χ0n) is 21.2. The fourth-order valence-corrected chi connectivity index (χ4v) is 3.89. The molecule has 0 amide bonds. The maximum atomic E-state index is 11.2. The summed E-state index contributed by atoms with van der Waals surface area (Å²) in [4.78, 5) is 13.4. The second-order valence-corrected chi connectivity index (χ2v) is 8.48. The molecule has 0 aliphatic carbocycles. The van der Waals surface area contributed by atoms with E-state index in [1.54, 1.807) is 6.92 Å². The summed E-state index contributed by atoms with van der Waals surface area (Å²) in [5.41, 5.74) is 8.52. The van der Waals surface area contributed by atoms with Gasteiger partial charge in [-0.3, -0.25) is 0 Å². The van der Waals surface area contributed by atoms with Crippen LogP contribution in [0.4, 0.5) is 5.69 Å². The molecule has 198 valence electrons. The van der Waals surface area contributed by atoms with Crippen molar-refractivity contribution in [2.24, 2.45) is 5.73 Å².